The smallest absolute Gasteiger partial charge is 0.227 e. The van der Waals surface area contributed by atoms with Crippen LogP contribution < -0.4 is 10.2 Å². The molecule has 2 heterocycles. The Balaban J connectivity index is 1.62. The average Bonchev–Trinajstić information content (AvgIpc) is 2.98. The zero-order chi connectivity index (χ0) is 18.5. The molecule has 0 radical (unpaired) electrons. The van der Waals surface area contributed by atoms with E-state index in [0.717, 1.165) is 68.4 Å². The van der Waals surface area contributed by atoms with Gasteiger partial charge in [-0.1, -0.05) is 49.4 Å². The zero-order valence-corrected chi connectivity index (χ0v) is 15.9. The minimum absolute atomic E-state index is 0.755. The van der Waals surface area contributed by atoms with Gasteiger partial charge in [-0.05, 0) is 37.2 Å². The van der Waals surface area contributed by atoms with Gasteiger partial charge in [0.15, 0.2) is 0 Å². The molecule has 1 fully saturated rings. The van der Waals surface area contributed by atoms with Crippen LogP contribution >= 0.6 is 0 Å². The van der Waals surface area contributed by atoms with Gasteiger partial charge in [0, 0.05) is 31.6 Å². The number of fused-ring (bicyclic) bond motifs is 1. The van der Waals surface area contributed by atoms with Crippen molar-refractivity contribution in [1.29, 1.82) is 0 Å². The second-order valence-corrected chi connectivity index (χ2v) is 7.00. The average molecular weight is 361 g/mol. The number of aromatic nitrogens is 2. The van der Waals surface area contributed by atoms with Gasteiger partial charge in [-0.25, -0.2) is 4.98 Å². The molecule has 2 aromatic carbocycles. The Morgan fingerprint density at radius 2 is 1.70 bits per heavy atom. The number of nitrogens with zero attached hydrogens (tertiary/aromatic N) is 4. The second-order valence-electron chi connectivity index (χ2n) is 7.00. The van der Waals surface area contributed by atoms with Crippen LogP contribution in [0.25, 0.3) is 10.9 Å². The summed E-state index contributed by atoms with van der Waals surface area (Å²) in [4.78, 5) is 14.6. The van der Waals surface area contributed by atoms with Gasteiger partial charge in [-0.2, -0.15) is 4.98 Å². The molecule has 1 aliphatic heterocycles. The summed E-state index contributed by atoms with van der Waals surface area (Å²) in [6.45, 7) is 8.30. The number of rotatable bonds is 5. The molecule has 4 rings (SSSR count). The highest BCUT2D eigenvalue weighted by molar-refractivity contribution is 5.90. The van der Waals surface area contributed by atoms with Crippen molar-refractivity contribution in [3.63, 3.8) is 0 Å². The molecule has 1 N–H and O–H groups in total. The highest BCUT2D eigenvalue weighted by Gasteiger charge is 2.18. The van der Waals surface area contributed by atoms with Gasteiger partial charge in [-0.15, -0.1) is 0 Å². The van der Waals surface area contributed by atoms with Gasteiger partial charge >= 0.3 is 0 Å². The van der Waals surface area contributed by atoms with E-state index in [-0.39, 0.29) is 0 Å². The molecule has 140 valence electrons. The maximum atomic E-state index is 4.92. The number of hydrogen-bond donors (Lipinski definition) is 1. The first-order valence-electron chi connectivity index (χ1n) is 9.85. The quantitative estimate of drug-likeness (QED) is 0.749. The molecule has 0 unspecified atom stereocenters. The molecule has 0 atom stereocenters. The molecule has 5 heteroatoms. The standard InChI is InChI=1S/C22H27N5/c1-2-26-13-8-14-27(16-15-26)22-24-20-12-7-6-11-19(20)21(25-22)23-17-18-9-4-3-5-10-18/h3-7,9-12H,2,8,13-17H2,1H3,(H,23,24,25). The van der Waals surface area contributed by atoms with Crippen molar-refractivity contribution in [1.82, 2.24) is 14.9 Å². The molecule has 0 amide bonds. The summed E-state index contributed by atoms with van der Waals surface area (Å²) < 4.78 is 0. The van der Waals surface area contributed by atoms with Gasteiger partial charge in [0.05, 0.1) is 5.52 Å². The fourth-order valence-electron chi connectivity index (χ4n) is 3.61. The third-order valence-corrected chi connectivity index (χ3v) is 5.21. The molecular formula is C22H27N5. The summed E-state index contributed by atoms with van der Waals surface area (Å²) in [6, 6.07) is 18.7. The van der Waals surface area contributed by atoms with E-state index in [0.29, 0.717) is 0 Å². The maximum absolute atomic E-state index is 4.92. The molecule has 0 aliphatic carbocycles. The van der Waals surface area contributed by atoms with Crippen LogP contribution in [-0.4, -0.2) is 47.6 Å². The molecule has 5 nitrogen and oxygen atoms in total. The van der Waals surface area contributed by atoms with Gasteiger partial charge in [-0.3, -0.25) is 0 Å². The van der Waals surface area contributed by atoms with Crippen molar-refractivity contribution in [2.24, 2.45) is 0 Å². The van der Waals surface area contributed by atoms with Gasteiger partial charge < -0.3 is 15.1 Å². The molecule has 27 heavy (non-hydrogen) atoms. The van der Waals surface area contributed by atoms with E-state index in [1.165, 1.54) is 5.56 Å². The van der Waals surface area contributed by atoms with Crippen LogP contribution in [0, 0.1) is 0 Å². The van der Waals surface area contributed by atoms with E-state index in [2.05, 4.69) is 58.4 Å². The Hall–Kier alpha value is -2.66. The lowest BCUT2D eigenvalue weighted by Gasteiger charge is -2.22. The van der Waals surface area contributed by atoms with Crippen LogP contribution in [0.15, 0.2) is 54.6 Å². The third kappa shape index (κ3) is 4.19. The second kappa shape index (κ2) is 8.35. The monoisotopic (exact) mass is 361 g/mol. The Morgan fingerprint density at radius 1 is 0.889 bits per heavy atom. The minimum Gasteiger partial charge on any atom is -0.365 e. The highest BCUT2D eigenvalue weighted by Crippen LogP contribution is 2.24. The van der Waals surface area contributed by atoms with Gasteiger partial charge in [0.1, 0.15) is 5.82 Å². The molecule has 1 aromatic heterocycles. The minimum atomic E-state index is 0.755. The first-order chi connectivity index (χ1) is 13.3. The fourth-order valence-corrected chi connectivity index (χ4v) is 3.61. The van der Waals surface area contributed by atoms with Crippen LogP contribution in [-0.2, 0) is 6.54 Å². The van der Waals surface area contributed by atoms with Crippen molar-refractivity contribution < 1.29 is 0 Å². The lowest BCUT2D eigenvalue weighted by Crippen LogP contribution is -2.31. The predicted octanol–water partition coefficient (Wildman–Crippen LogP) is 3.77. The summed E-state index contributed by atoms with van der Waals surface area (Å²) in [5.41, 5.74) is 2.24. The molecule has 0 bridgehead atoms. The molecule has 0 spiro atoms. The molecule has 0 saturated carbocycles. The number of benzene rings is 2. The van der Waals surface area contributed by atoms with Crippen molar-refractivity contribution in [3.05, 3.63) is 60.2 Å². The molecule has 1 saturated heterocycles. The number of nitrogens with one attached hydrogen (secondary N) is 1. The molecule has 1 aliphatic rings. The summed E-state index contributed by atoms with van der Waals surface area (Å²) in [5.74, 6) is 1.75. The number of anilines is 2. The summed E-state index contributed by atoms with van der Waals surface area (Å²) in [5, 5.41) is 4.60. The Labute approximate surface area is 161 Å². The van der Waals surface area contributed by atoms with Crippen LogP contribution in [0.3, 0.4) is 0 Å². The van der Waals surface area contributed by atoms with Crippen molar-refractivity contribution in [2.75, 3.05) is 42.9 Å². The van der Waals surface area contributed by atoms with Crippen molar-refractivity contribution in [3.8, 4) is 0 Å². The Morgan fingerprint density at radius 3 is 2.56 bits per heavy atom. The first-order valence-corrected chi connectivity index (χ1v) is 9.85. The third-order valence-electron chi connectivity index (χ3n) is 5.21. The maximum Gasteiger partial charge on any atom is 0.227 e. The summed E-state index contributed by atoms with van der Waals surface area (Å²) >= 11 is 0. The first kappa shape index (κ1) is 17.7. The van der Waals surface area contributed by atoms with Crippen molar-refractivity contribution >= 4 is 22.7 Å². The van der Waals surface area contributed by atoms with Gasteiger partial charge in [0.2, 0.25) is 5.95 Å². The normalized spacial score (nSPS) is 15.7. The van der Waals surface area contributed by atoms with E-state index < -0.39 is 0 Å². The summed E-state index contributed by atoms with van der Waals surface area (Å²) in [6.07, 6.45) is 1.15. The SMILES string of the molecule is CCN1CCCN(c2nc(NCc3ccccc3)c3ccccc3n2)CC1. The summed E-state index contributed by atoms with van der Waals surface area (Å²) in [7, 11) is 0. The predicted molar refractivity (Wildman–Crippen MR) is 112 cm³/mol. The number of likely N-dealkylation sites (N-methyl/N-ethyl adjacent to an activating group) is 1. The van der Waals surface area contributed by atoms with E-state index >= 15 is 0 Å². The Kier molecular flexibility index (Phi) is 5.49. The van der Waals surface area contributed by atoms with Crippen LogP contribution in [0.1, 0.15) is 18.9 Å². The largest absolute Gasteiger partial charge is 0.365 e. The van der Waals surface area contributed by atoms with E-state index in [1.54, 1.807) is 0 Å². The fraction of sp³-hybridized carbons (Fsp3) is 0.364. The highest BCUT2D eigenvalue weighted by atomic mass is 15.3. The lowest BCUT2D eigenvalue weighted by atomic mass is 10.2. The van der Waals surface area contributed by atoms with Crippen molar-refractivity contribution in [2.45, 2.75) is 19.9 Å². The number of para-hydroxylation sites is 1. The molecule has 3 aromatic rings. The topological polar surface area (TPSA) is 44.3 Å². The van der Waals surface area contributed by atoms with Crippen LogP contribution in [0.2, 0.25) is 0 Å². The lowest BCUT2D eigenvalue weighted by molar-refractivity contribution is 0.310. The van der Waals surface area contributed by atoms with E-state index in [4.69, 9.17) is 9.97 Å². The Bertz CT molecular complexity index is 880. The number of hydrogen-bond acceptors (Lipinski definition) is 5. The van der Waals surface area contributed by atoms with E-state index in [9.17, 15) is 0 Å². The molecular weight excluding hydrogens is 334 g/mol. The van der Waals surface area contributed by atoms with Gasteiger partial charge in [0.25, 0.3) is 0 Å². The zero-order valence-electron chi connectivity index (χ0n) is 15.9. The van der Waals surface area contributed by atoms with Crippen LogP contribution in [0.5, 0.6) is 0 Å². The van der Waals surface area contributed by atoms with Crippen LogP contribution in [0.4, 0.5) is 11.8 Å². The van der Waals surface area contributed by atoms with E-state index in [1.807, 2.05) is 18.2 Å².